The number of allylic oxidation sites excluding steroid dienone is 4. The van der Waals surface area contributed by atoms with Crippen LogP contribution < -0.4 is 0 Å². The Bertz CT molecular complexity index is 822. The van der Waals surface area contributed by atoms with E-state index < -0.39 is 5.95 Å². The third kappa shape index (κ3) is 8.53. The highest BCUT2D eigenvalue weighted by Crippen LogP contribution is 2.10. The Morgan fingerprint density at radius 1 is 1.11 bits per heavy atom. The average Bonchev–Trinajstić information content (AvgIpc) is 3.38. The second-order valence-corrected chi connectivity index (χ2v) is 4.83. The van der Waals surface area contributed by atoms with Crippen molar-refractivity contribution in [2.24, 2.45) is 0 Å². The van der Waals surface area contributed by atoms with E-state index in [0.717, 1.165) is 11.4 Å². The first-order valence-corrected chi connectivity index (χ1v) is 8.41. The van der Waals surface area contributed by atoms with Gasteiger partial charge in [-0.15, -0.1) is 0 Å². The Kier molecular flexibility index (Phi) is 10.4. The van der Waals surface area contributed by atoms with Crippen LogP contribution in [0.15, 0.2) is 79.7 Å². The lowest BCUT2D eigenvalue weighted by atomic mass is 10.2. The molecule has 0 spiro atoms. The van der Waals surface area contributed by atoms with Crippen molar-refractivity contribution in [3.8, 4) is 11.5 Å². The molecule has 5 nitrogen and oxygen atoms in total. The average molecular weight is 371 g/mol. The maximum atomic E-state index is 12.6. The molecule has 0 atom stereocenters. The second-order valence-electron chi connectivity index (χ2n) is 4.83. The number of aromatic amines is 2. The lowest BCUT2D eigenvalue weighted by Crippen LogP contribution is -1.88. The number of hydrogen-bond donors (Lipinski definition) is 2. The van der Waals surface area contributed by atoms with Gasteiger partial charge in [0.1, 0.15) is 11.5 Å². The van der Waals surface area contributed by atoms with Crippen LogP contribution in [0.4, 0.5) is 8.78 Å². The highest BCUT2D eigenvalue weighted by atomic mass is 19.1. The first kappa shape index (κ1) is 21.7. The fraction of sp³-hybridized carbons (Fsp3) is 0.150. The van der Waals surface area contributed by atoms with Gasteiger partial charge in [0.15, 0.2) is 5.82 Å². The molecule has 0 bridgehead atoms. The maximum Gasteiger partial charge on any atom is 0.213 e. The molecule has 0 aliphatic carbocycles. The van der Waals surface area contributed by atoms with Gasteiger partial charge in [0.05, 0.1) is 6.33 Å². The molecular weight excluding hydrogens is 348 g/mol. The summed E-state index contributed by atoms with van der Waals surface area (Å²) in [6, 6.07) is 4.59. The van der Waals surface area contributed by atoms with E-state index in [1.54, 1.807) is 49.1 Å². The van der Waals surface area contributed by atoms with Gasteiger partial charge in [-0.3, -0.25) is 0 Å². The Morgan fingerprint density at radius 3 is 2.44 bits per heavy atom. The first-order chi connectivity index (χ1) is 13.2. The van der Waals surface area contributed by atoms with E-state index in [2.05, 4.69) is 31.5 Å². The highest BCUT2D eigenvalue weighted by Gasteiger charge is 2.01. The van der Waals surface area contributed by atoms with Crippen molar-refractivity contribution < 1.29 is 8.78 Å². The number of H-pyrrole nitrogens is 2. The topological polar surface area (TPSA) is 70.2 Å². The molecule has 0 unspecified atom stereocenters. The minimum atomic E-state index is -0.496. The smallest absolute Gasteiger partial charge is 0.213 e. The summed E-state index contributed by atoms with van der Waals surface area (Å²) >= 11 is 0. The predicted octanol–water partition coefficient (Wildman–Crippen LogP) is 5.18. The van der Waals surface area contributed by atoms with Gasteiger partial charge in [-0.2, -0.15) is 4.39 Å². The minimum absolute atomic E-state index is 0.483. The van der Waals surface area contributed by atoms with Gasteiger partial charge in [-0.25, -0.2) is 19.3 Å². The molecule has 0 amide bonds. The van der Waals surface area contributed by atoms with E-state index in [9.17, 15) is 8.78 Å². The fourth-order valence-corrected chi connectivity index (χ4v) is 1.85. The molecule has 0 radical (unpaired) electrons. The summed E-state index contributed by atoms with van der Waals surface area (Å²) in [5.41, 5.74) is 1.40. The molecule has 0 aromatic carbocycles. The quantitative estimate of drug-likeness (QED) is 0.479. The van der Waals surface area contributed by atoms with Crippen LogP contribution in [0.2, 0.25) is 0 Å². The SMILES string of the molecule is C=C(/C=C\C=C\F)Cc1ncc[nH]1.CC.Fc1cccc(-c2ncc[nH]2)n1. The van der Waals surface area contributed by atoms with Crippen LogP contribution in [0.1, 0.15) is 19.7 Å². The van der Waals surface area contributed by atoms with E-state index in [0.29, 0.717) is 24.3 Å². The summed E-state index contributed by atoms with van der Waals surface area (Å²) in [6.45, 7) is 7.80. The standard InChI is InChI=1S/C10H11FN2.C8H6FN3.C2H6/c1-9(4-2-3-5-11)8-10-12-6-7-13-10;9-7-3-1-2-6(12-7)8-10-4-5-11-8;1-2/h2-7H,1,8H2,(H,12,13);1-5H,(H,10,11);1-2H3/b4-2-,5-3+;;. The van der Waals surface area contributed by atoms with E-state index in [1.807, 2.05) is 13.8 Å². The number of pyridine rings is 1. The van der Waals surface area contributed by atoms with Gasteiger partial charge < -0.3 is 9.97 Å². The molecule has 0 aliphatic heterocycles. The fourth-order valence-electron chi connectivity index (χ4n) is 1.85. The zero-order valence-electron chi connectivity index (χ0n) is 15.4. The number of hydrogen-bond acceptors (Lipinski definition) is 3. The Balaban J connectivity index is 0.000000248. The summed E-state index contributed by atoms with van der Waals surface area (Å²) in [5, 5.41) is 0. The molecule has 0 saturated carbocycles. The minimum Gasteiger partial charge on any atom is -0.348 e. The molecule has 7 heteroatoms. The number of aromatic nitrogens is 5. The van der Waals surface area contributed by atoms with E-state index in [4.69, 9.17) is 0 Å². The summed E-state index contributed by atoms with van der Waals surface area (Å²) in [4.78, 5) is 17.4. The largest absolute Gasteiger partial charge is 0.348 e. The molecule has 142 valence electrons. The van der Waals surface area contributed by atoms with Crippen LogP contribution in [-0.2, 0) is 6.42 Å². The zero-order chi connectivity index (χ0) is 19.9. The molecular formula is C20H23F2N5. The first-order valence-electron chi connectivity index (χ1n) is 8.41. The van der Waals surface area contributed by atoms with Gasteiger partial charge >= 0.3 is 0 Å². The number of halogens is 2. The van der Waals surface area contributed by atoms with E-state index in [-0.39, 0.29) is 0 Å². The molecule has 3 aromatic heterocycles. The number of rotatable bonds is 5. The molecule has 0 fully saturated rings. The third-order valence-electron chi connectivity index (χ3n) is 2.92. The van der Waals surface area contributed by atoms with Gasteiger partial charge in [-0.1, -0.05) is 38.6 Å². The molecule has 0 aliphatic rings. The summed E-state index contributed by atoms with van der Waals surface area (Å²) in [7, 11) is 0. The molecule has 3 heterocycles. The Hall–Kier alpha value is -3.35. The van der Waals surface area contributed by atoms with Crippen molar-refractivity contribution in [1.29, 1.82) is 0 Å². The van der Waals surface area contributed by atoms with Crippen molar-refractivity contribution in [2.75, 3.05) is 0 Å². The van der Waals surface area contributed by atoms with Gasteiger partial charge in [-0.05, 0) is 23.8 Å². The van der Waals surface area contributed by atoms with Crippen LogP contribution in [0.5, 0.6) is 0 Å². The zero-order valence-corrected chi connectivity index (χ0v) is 15.4. The Labute approximate surface area is 157 Å². The monoisotopic (exact) mass is 371 g/mol. The third-order valence-corrected chi connectivity index (χ3v) is 2.92. The normalized spacial score (nSPS) is 10.2. The van der Waals surface area contributed by atoms with Crippen molar-refractivity contribution in [3.05, 3.63) is 91.5 Å². The maximum absolute atomic E-state index is 12.6. The molecule has 3 rings (SSSR count). The lowest BCUT2D eigenvalue weighted by Gasteiger charge is -1.94. The summed E-state index contributed by atoms with van der Waals surface area (Å²) < 4.78 is 24.1. The van der Waals surface area contributed by atoms with Gasteiger partial charge in [0.2, 0.25) is 5.95 Å². The lowest BCUT2D eigenvalue weighted by molar-refractivity contribution is 0.585. The molecule has 2 N–H and O–H groups in total. The summed E-state index contributed by atoms with van der Waals surface area (Å²) in [5.74, 6) is 0.942. The van der Waals surface area contributed by atoms with E-state index in [1.165, 1.54) is 12.1 Å². The van der Waals surface area contributed by atoms with E-state index >= 15 is 0 Å². The van der Waals surface area contributed by atoms with Gasteiger partial charge in [0, 0.05) is 31.2 Å². The van der Waals surface area contributed by atoms with Crippen molar-refractivity contribution in [1.82, 2.24) is 24.9 Å². The second kappa shape index (κ2) is 12.9. The highest BCUT2D eigenvalue weighted by molar-refractivity contribution is 5.47. The number of nitrogens with one attached hydrogen (secondary N) is 2. The number of nitrogens with zero attached hydrogens (tertiary/aromatic N) is 3. The van der Waals surface area contributed by atoms with Crippen LogP contribution in [0.25, 0.3) is 11.5 Å². The Morgan fingerprint density at radius 2 is 1.85 bits per heavy atom. The molecule has 27 heavy (non-hydrogen) atoms. The van der Waals surface area contributed by atoms with Gasteiger partial charge in [0.25, 0.3) is 0 Å². The van der Waals surface area contributed by atoms with Crippen LogP contribution in [-0.4, -0.2) is 24.9 Å². The molecule has 0 saturated heterocycles. The van der Waals surface area contributed by atoms with Crippen LogP contribution in [0, 0.1) is 5.95 Å². The number of imidazole rings is 2. The predicted molar refractivity (Wildman–Crippen MR) is 104 cm³/mol. The van der Waals surface area contributed by atoms with Crippen LogP contribution in [0.3, 0.4) is 0 Å². The van der Waals surface area contributed by atoms with Crippen molar-refractivity contribution in [2.45, 2.75) is 20.3 Å². The van der Waals surface area contributed by atoms with Crippen molar-refractivity contribution >= 4 is 0 Å². The van der Waals surface area contributed by atoms with Crippen molar-refractivity contribution in [3.63, 3.8) is 0 Å². The molecule has 3 aromatic rings. The summed E-state index contributed by atoms with van der Waals surface area (Å²) in [6.07, 6.45) is 12.5. The van der Waals surface area contributed by atoms with Crippen LogP contribution >= 0.6 is 0 Å².